The van der Waals surface area contributed by atoms with Gasteiger partial charge in [-0.25, -0.2) is 9.79 Å². The van der Waals surface area contributed by atoms with E-state index in [1.165, 1.54) is 23.0 Å². The minimum absolute atomic E-state index is 0.327. The topological polar surface area (TPSA) is 112 Å². The molecule has 0 bridgehead atoms. The number of hydrogen-bond donors (Lipinski definition) is 1. The van der Waals surface area contributed by atoms with Crippen LogP contribution in [0.3, 0.4) is 0 Å². The van der Waals surface area contributed by atoms with Crippen molar-refractivity contribution < 1.29 is 23.5 Å². The molecule has 0 saturated carbocycles. The Bertz CT molecular complexity index is 2110. The van der Waals surface area contributed by atoms with Crippen molar-refractivity contribution >= 4 is 35.0 Å². The second-order valence-electron chi connectivity index (χ2n) is 9.92. The lowest BCUT2D eigenvalue weighted by molar-refractivity contribution is -0.113. The maximum atomic E-state index is 14.0. The number of anilines is 1. The lowest BCUT2D eigenvalue weighted by Gasteiger charge is -2.25. The van der Waals surface area contributed by atoms with Crippen LogP contribution in [0.5, 0.6) is 5.75 Å². The number of para-hydroxylation sites is 1. The number of methoxy groups -OCH3 is 2. The molecule has 6 rings (SSSR count). The van der Waals surface area contributed by atoms with Crippen LogP contribution in [-0.4, -0.2) is 30.7 Å². The van der Waals surface area contributed by atoms with Gasteiger partial charge in [0.05, 0.1) is 41.6 Å². The number of carbonyl (C=O) groups excluding carboxylic acids is 2. The van der Waals surface area contributed by atoms with E-state index in [4.69, 9.17) is 18.9 Å². The van der Waals surface area contributed by atoms with Crippen LogP contribution in [-0.2, 0) is 9.53 Å². The van der Waals surface area contributed by atoms with E-state index in [0.29, 0.717) is 60.3 Å². The number of rotatable bonds is 7. The fraction of sp³-hybridized carbons (Fsp3) is 0.118. The second kappa shape index (κ2) is 12.0. The van der Waals surface area contributed by atoms with Gasteiger partial charge in [-0.05, 0) is 55.0 Å². The molecule has 1 atom stereocenters. The van der Waals surface area contributed by atoms with Crippen LogP contribution < -0.4 is 24.9 Å². The van der Waals surface area contributed by atoms with E-state index in [1.807, 2.05) is 36.4 Å². The third-order valence-corrected chi connectivity index (χ3v) is 8.19. The molecule has 3 heterocycles. The van der Waals surface area contributed by atoms with Gasteiger partial charge in [0.15, 0.2) is 4.80 Å². The van der Waals surface area contributed by atoms with Crippen molar-refractivity contribution in [2.45, 2.75) is 13.0 Å². The molecule has 44 heavy (non-hydrogen) atoms. The van der Waals surface area contributed by atoms with Gasteiger partial charge in [-0.1, -0.05) is 59.9 Å². The first-order chi connectivity index (χ1) is 21.4. The molecule has 1 aliphatic heterocycles. The number of esters is 1. The van der Waals surface area contributed by atoms with Crippen LogP contribution in [0, 0.1) is 0 Å². The summed E-state index contributed by atoms with van der Waals surface area (Å²) in [6.45, 7) is 1.77. The Morgan fingerprint density at radius 1 is 0.977 bits per heavy atom. The van der Waals surface area contributed by atoms with E-state index in [2.05, 4.69) is 5.32 Å². The normalized spacial score (nSPS) is 14.5. The van der Waals surface area contributed by atoms with Crippen molar-refractivity contribution in [3.8, 4) is 17.1 Å². The minimum atomic E-state index is -0.758. The summed E-state index contributed by atoms with van der Waals surface area (Å²) in [7, 11) is 2.89. The van der Waals surface area contributed by atoms with Crippen molar-refractivity contribution in [3.05, 3.63) is 139 Å². The number of aromatic nitrogens is 1. The number of thiazole rings is 1. The molecule has 220 valence electrons. The largest absolute Gasteiger partial charge is 0.497 e. The van der Waals surface area contributed by atoms with Gasteiger partial charge in [0.1, 0.15) is 17.3 Å². The quantitative estimate of drug-likeness (QED) is 0.264. The molecule has 3 aromatic carbocycles. The Morgan fingerprint density at radius 2 is 1.75 bits per heavy atom. The fourth-order valence-corrected chi connectivity index (χ4v) is 6.18. The van der Waals surface area contributed by atoms with Gasteiger partial charge in [0, 0.05) is 17.3 Å². The molecule has 0 saturated heterocycles. The van der Waals surface area contributed by atoms with Gasteiger partial charge < -0.3 is 19.2 Å². The molecule has 0 spiro atoms. The van der Waals surface area contributed by atoms with Gasteiger partial charge in [-0.15, -0.1) is 0 Å². The highest BCUT2D eigenvalue weighted by molar-refractivity contribution is 7.07. The number of nitrogens with one attached hydrogen (secondary N) is 1. The molecule has 5 aromatic rings. The zero-order valence-electron chi connectivity index (χ0n) is 24.1. The van der Waals surface area contributed by atoms with Crippen LogP contribution in [0.4, 0.5) is 5.69 Å². The third kappa shape index (κ3) is 5.38. The first kappa shape index (κ1) is 28.6. The number of nitrogens with zero attached hydrogens (tertiary/aromatic N) is 2. The number of carbonyl (C=O) groups is 2. The van der Waals surface area contributed by atoms with E-state index >= 15 is 0 Å². The maximum Gasteiger partial charge on any atom is 0.338 e. The molecular formula is C34H27N3O6S. The molecule has 9 nitrogen and oxygen atoms in total. The fourth-order valence-electron chi connectivity index (χ4n) is 5.15. The van der Waals surface area contributed by atoms with E-state index < -0.39 is 12.0 Å². The average molecular weight is 606 g/mol. The molecule has 0 radical (unpaired) electrons. The molecule has 1 aliphatic rings. The second-order valence-corrected chi connectivity index (χ2v) is 10.9. The highest BCUT2D eigenvalue weighted by Crippen LogP contribution is 2.32. The van der Waals surface area contributed by atoms with Crippen LogP contribution in [0.25, 0.3) is 17.4 Å². The monoisotopic (exact) mass is 605 g/mol. The van der Waals surface area contributed by atoms with Crippen LogP contribution in [0.1, 0.15) is 34.6 Å². The molecule has 0 unspecified atom stereocenters. The molecule has 1 amide bonds. The maximum absolute atomic E-state index is 14.0. The van der Waals surface area contributed by atoms with Crippen molar-refractivity contribution in [2.75, 3.05) is 19.5 Å². The Labute approximate surface area is 256 Å². The minimum Gasteiger partial charge on any atom is -0.497 e. The summed E-state index contributed by atoms with van der Waals surface area (Å²) in [4.78, 5) is 45.2. The first-order valence-electron chi connectivity index (χ1n) is 13.7. The van der Waals surface area contributed by atoms with Crippen LogP contribution in [0.2, 0.25) is 0 Å². The smallest absolute Gasteiger partial charge is 0.338 e. The average Bonchev–Trinajstić information content (AvgIpc) is 3.64. The van der Waals surface area contributed by atoms with E-state index in [9.17, 15) is 14.4 Å². The molecule has 0 aliphatic carbocycles. The van der Waals surface area contributed by atoms with Gasteiger partial charge in [-0.3, -0.25) is 14.2 Å². The van der Waals surface area contributed by atoms with E-state index in [-0.39, 0.29) is 11.5 Å². The van der Waals surface area contributed by atoms with Gasteiger partial charge in [-0.2, -0.15) is 0 Å². The van der Waals surface area contributed by atoms with Gasteiger partial charge >= 0.3 is 5.97 Å². The summed E-state index contributed by atoms with van der Waals surface area (Å²) in [5, 5.41) is 2.95. The summed E-state index contributed by atoms with van der Waals surface area (Å²) < 4.78 is 18.3. The number of allylic oxidation sites excluding steroid dienone is 1. The number of benzene rings is 3. The van der Waals surface area contributed by atoms with Crippen molar-refractivity contribution in [3.63, 3.8) is 0 Å². The zero-order valence-corrected chi connectivity index (χ0v) is 24.9. The predicted molar refractivity (Wildman–Crippen MR) is 167 cm³/mol. The lowest BCUT2D eigenvalue weighted by Crippen LogP contribution is -2.40. The first-order valence-corrected chi connectivity index (χ1v) is 14.5. The number of furan rings is 1. The highest BCUT2D eigenvalue weighted by Gasteiger charge is 2.33. The predicted octanol–water partition coefficient (Wildman–Crippen LogP) is 4.93. The molecule has 1 N–H and O–H groups in total. The number of amides is 1. The molecular weight excluding hydrogens is 578 g/mol. The number of fused-ring (bicyclic) bond motifs is 1. The number of ether oxygens (including phenoxy) is 2. The van der Waals surface area contributed by atoms with Gasteiger partial charge in [0.25, 0.3) is 11.5 Å². The number of hydrogen-bond acceptors (Lipinski definition) is 8. The third-order valence-electron chi connectivity index (χ3n) is 7.21. The molecule has 2 aromatic heterocycles. The Hall–Kier alpha value is -5.48. The molecule has 0 fully saturated rings. The van der Waals surface area contributed by atoms with Crippen molar-refractivity contribution in [2.24, 2.45) is 4.99 Å². The van der Waals surface area contributed by atoms with Gasteiger partial charge in [0.2, 0.25) is 0 Å². The summed E-state index contributed by atoms with van der Waals surface area (Å²) in [5.41, 5.74) is 2.78. The Kier molecular flexibility index (Phi) is 7.82. The summed E-state index contributed by atoms with van der Waals surface area (Å²) in [6.07, 6.45) is 1.64. The lowest BCUT2D eigenvalue weighted by atomic mass is 9.95. The van der Waals surface area contributed by atoms with E-state index in [1.54, 1.807) is 74.7 Å². The highest BCUT2D eigenvalue weighted by atomic mass is 32.1. The van der Waals surface area contributed by atoms with Crippen molar-refractivity contribution in [1.29, 1.82) is 0 Å². The van der Waals surface area contributed by atoms with E-state index in [0.717, 1.165) is 0 Å². The Morgan fingerprint density at radius 3 is 2.52 bits per heavy atom. The Balaban J connectivity index is 1.45. The van der Waals surface area contributed by atoms with Crippen LogP contribution in [0.15, 0.2) is 116 Å². The summed E-state index contributed by atoms with van der Waals surface area (Å²) in [5.74, 6) is 0.624. The zero-order chi connectivity index (χ0) is 30.8. The SMILES string of the molecule is COC(=O)c1ccccc1-c1ccc(/C=c2/sc3n(c2=O)[C@H](c2cccc(OC)c2)C(C(=O)Nc2ccccc2)=C(C)N=3)o1. The summed E-state index contributed by atoms with van der Waals surface area (Å²) >= 11 is 1.20. The van der Waals surface area contributed by atoms with Crippen LogP contribution >= 0.6 is 11.3 Å². The van der Waals surface area contributed by atoms with Crippen molar-refractivity contribution in [1.82, 2.24) is 4.57 Å². The summed E-state index contributed by atoms with van der Waals surface area (Å²) in [6, 6.07) is 26.1. The standard InChI is InChI=1S/C34H27N3O6S/c1-20-29(31(38)36-22-11-5-4-6-12-22)30(21-10-9-13-23(18-21)41-2)37-32(39)28(44-34(37)35-20)19-24-16-17-27(43-24)25-14-7-8-15-26(25)33(40)42-3/h4-19,30H,1-3H3,(H,36,38)/b28-19+/t30-/m1/s1. The molecule has 10 heteroatoms.